The zero-order valence-corrected chi connectivity index (χ0v) is 77.1. The standard InChI is InChI=1S/2C24H23ClN2O4S.C23H19Cl3N2O3S.C23H20ClFN2O4S/c1-15-3-7-20(11-16(15)2)31-23-13-18(25)4-10-22(23)17-12-24(28)27(14-17)19-5-8-21(9-6-19)32(26,29)30;1-15-4-3-5-22(16(15)2)31-23-13-18(25)6-11-21(23)17-12-24(28)27(14-17)19-7-9-20(10-8-19)32(26,29)30;24-17-1-6-22(15(10-17)7-14-8-18(25)12-19(26)9-14)16-11-23(29)28(13-16)20-2-4-21(5-3-20)32(27,30)31;1-14-10-17(25)3-9-21(14)31-22-12-16(24)2-8-20(22)15-11-23(28)27(13-15)18-4-6-19(7-5-18)32(26,29)30/h2*3-11,13,17H,12,14H2,1-2H3,(H2,26,29,30);1-6,8-10,12,16H,7,11,13H2,(H2,27,30,31);2-10,12,15H,11,13H2,1H3,(H2,26,29,30)/t2*17-;16-;15-/m0000/s1. The highest BCUT2D eigenvalue weighted by molar-refractivity contribution is 7.90. The van der Waals surface area contributed by atoms with Gasteiger partial charge in [-0.15, -0.1) is 0 Å². The summed E-state index contributed by atoms with van der Waals surface area (Å²) in [4.78, 5) is 57.6. The van der Waals surface area contributed by atoms with E-state index in [0.29, 0.717) is 139 Å². The van der Waals surface area contributed by atoms with Crippen LogP contribution in [0.5, 0.6) is 34.5 Å². The Kier molecular flexibility index (Phi) is 29.4. The van der Waals surface area contributed by atoms with E-state index in [9.17, 15) is 57.2 Å². The number of carbonyl (C=O) groups excluding carboxylic acids is 4. The first-order valence-electron chi connectivity index (χ1n) is 39.7. The monoisotopic (exact) mass is 1920 g/mol. The number of rotatable bonds is 20. The van der Waals surface area contributed by atoms with Gasteiger partial charge in [-0.2, -0.15) is 0 Å². The second-order valence-electron chi connectivity index (χ2n) is 31.3. The van der Waals surface area contributed by atoms with Gasteiger partial charge in [0, 0.05) is 145 Å². The SMILES string of the molecule is Cc1cc(F)ccc1Oc1cc(Cl)ccc1[C@H]1CC(=O)N(c2ccc(S(N)(=O)=O)cc2)C1.Cc1ccc(Oc2cc(Cl)ccc2[C@H]2CC(=O)N(c3ccc(S(N)(=O)=O)cc3)C2)cc1C.Cc1cccc(Oc2cc(Cl)ccc2[C@H]2CC(=O)N(c3ccc(S(N)(=O)=O)cc3)C2)c1C.NS(=O)(=O)c1ccc(N2C[C@@H](c3ccc(Cl)cc3Cc3cc(Cl)cc(Cl)c3)CC2=O)cc1. The summed E-state index contributed by atoms with van der Waals surface area (Å²) in [6.07, 6.45) is 1.77. The Morgan fingerprint density at radius 3 is 1.02 bits per heavy atom. The van der Waals surface area contributed by atoms with Gasteiger partial charge in [0.2, 0.25) is 63.7 Å². The normalized spacial score (nSPS) is 16.5. The molecule has 4 aliphatic rings. The molecule has 0 radical (unpaired) electrons. The van der Waals surface area contributed by atoms with Gasteiger partial charge >= 0.3 is 0 Å². The number of amides is 4. The zero-order valence-electron chi connectivity index (χ0n) is 69.3. The van der Waals surface area contributed by atoms with E-state index in [-0.39, 0.29) is 79.1 Å². The van der Waals surface area contributed by atoms with Gasteiger partial charge in [0.1, 0.15) is 40.3 Å². The molecule has 0 aliphatic carbocycles. The molecule has 23 nitrogen and oxygen atoms in total. The van der Waals surface area contributed by atoms with Crippen molar-refractivity contribution < 1.29 is 71.5 Å². The molecule has 0 saturated carbocycles. The van der Waals surface area contributed by atoms with Crippen LogP contribution in [0.25, 0.3) is 0 Å². The molecule has 0 spiro atoms. The molecule has 4 amide bonds. The van der Waals surface area contributed by atoms with E-state index in [1.165, 1.54) is 66.2 Å². The Balaban J connectivity index is 0.000000146. The molecule has 4 atom stereocenters. The van der Waals surface area contributed by atoms with E-state index in [4.69, 9.17) is 104 Å². The minimum atomic E-state index is -3.81. The molecule has 12 aromatic carbocycles. The number of hydrogen-bond acceptors (Lipinski definition) is 15. The molecule has 12 aromatic rings. The number of ether oxygens (including phenoxy) is 3. The summed E-state index contributed by atoms with van der Waals surface area (Å²) in [7, 11) is -15.2. The number of primary sulfonamides is 4. The van der Waals surface area contributed by atoms with E-state index in [1.54, 1.807) is 124 Å². The Labute approximate surface area is 771 Å². The van der Waals surface area contributed by atoms with Crippen LogP contribution in [0.3, 0.4) is 0 Å². The van der Waals surface area contributed by atoms with Gasteiger partial charge in [-0.3, -0.25) is 19.2 Å². The van der Waals surface area contributed by atoms with Gasteiger partial charge in [-0.25, -0.2) is 58.6 Å². The third-order valence-corrected chi connectivity index (χ3v) is 27.4. The van der Waals surface area contributed by atoms with Crippen LogP contribution in [0.4, 0.5) is 27.1 Å². The van der Waals surface area contributed by atoms with Crippen LogP contribution >= 0.6 is 69.6 Å². The lowest BCUT2D eigenvalue weighted by Gasteiger charge is -2.19. The lowest BCUT2D eigenvalue weighted by Crippen LogP contribution is -2.24. The first-order chi connectivity index (χ1) is 60.5. The summed E-state index contributed by atoms with van der Waals surface area (Å²) < 4.78 is 124. The van der Waals surface area contributed by atoms with Gasteiger partial charge in [0.15, 0.2) is 0 Å². The van der Waals surface area contributed by atoms with Crippen LogP contribution < -0.4 is 54.4 Å². The average molecular weight is 1930 g/mol. The van der Waals surface area contributed by atoms with Crippen LogP contribution in [0.2, 0.25) is 30.1 Å². The van der Waals surface area contributed by atoms with Crippen LogP contribution in [0, 0.1) is 40.4 Å². The summed E-state index contributed by atoms with van der Waals surface area (Å²) in [5, 5.41) is 23.9. The molecule has 4 saturated heterocycles. The summed E-state index contributed by atoms with van der Waals surface area (Å²) in [5.41, 5.74) is 13.1. The van der Waals surface area contributed by atoms with E-state index in [0.717, 1.165) is 55.8 Å². The second kappa shape index (κ2) is 39.7. The minimum absolute atomic E-state index is 0.00427. The highest BCUT2D eigenvalue weighted by Crippen LogP contribution is 2.45. The average Bonchev–Trinajstić information content (AvgIpc) is 1.67. The fourth-order valence-corrected chi connectivity index (χ4v) is 18.8. The maximum absolute atomic E-state index is 13.5. The van der Waals surface area contributed by atoms with Gasteiger partial charge < -0.3 is 33.8 Å². The lowest BCUT2D eigenvalue weighted by atomic mass is 9.90. The van der Waals surface area contributed by atoms with Crippen molar-refractivity contribution in [3.05, 3.63) is 340 Å². The van der Waals surface area contributed by atoms with Gasteiger partial charge in [-0.1, -0.05) is 112 Å². The topological polar surface area (TPSA) is 350 Å². The number of nitrogens with zero attached hydrogens (tertiary/aromatic N) is 4. The number of anilines is 4. The van der Waals surface area contributed by atoms with E-state index < -0.39 is 40.1 Å². The van der Waals surface area contributed by atoms with Gasteiger partial charge in [-0.05, 0) is 286 Å². The van der Waals surface area contributed by atoms with Crippen molar-refractivity contribution in [3.63, 3.8) is 0 Å². The van der Waals surface area contributed by atoms with Crippen LogP contribution in [0.15, 0.2) is 262 Å². The van der Waals surface area contributed by atoms with E-state index in [1.807, 2.05) is 113 Å². The van der Waals surface area contributed by atoms with E-state index in [2.05, 4.69) is 0 Å². The predicted molar refractivity (Wildman–Crippen MR) is 498 cm³/mol. The second-order valence-corrected chi connectivity index (χ2v) is 40.1. The number of benzene rings is 12. The summed E-state index contributed by atoms with van der Waals surface area (Å²) in [5.74, 6) is 2.68. The highest BCUT2D eigenvalue weighted by atomic mass is 35.5. The summed E-state index contributed by atoms with van der Waals surface area (Å²) >= 11 is 37.2. The third-order valence-electron chi connectivity index (χ3n) is 22.4. The highest BCUT2D eigenvalue weighted by Gasteiger charge is 2.38. The molecular formula is C94H85Cl6FN8O15S4. The molecule has 16 rings (SSSR count). The number of aryl methyl sites for hydroxylation is 4. The van der Waals surface area contributed by atoms with Crippen molar-refractivity contribution in [1.29, 1.82) is 0 Å². The predicted octanol–water partition coefficient (Wildman–Crippen LogP) is 20.0. The molecule has 0 bridgehead atoms. The fraction of sp³-hybridized carbons (Fsp3) is 0.191. The van der Waals surface area contributed by atoms with Crippen LogP contribution in [-0.4, -0.2) is 83.5 Å². The molecule has 4 fully saturated rings. The third kappa shape index (κ3) is 23.4. The molecule has 4 aliphatic heterocycles. The smallest absolute Gasteiger partial charge is 0.238 e. The van der Waals surface area contributed by atoms with Crippen molar-refractivity contribution in [3.8, 4) is 34.5 Å². The number of sulfonamides is 4. The number of halogens is 7. The van der Waals surface area contributed by atoms with Crippen molar-refractivity contribution in [2.75, 3.05) is 45.8 Å². The molecule has 8 N–H and O–H groups in total. The minimum Gasteiger partial charge on any atom is -0.457 e. The van der Waals surface area contributed by atoms with Gasteiger partial charge in [0.25, 0.3) is 0 Å². The van der Waals surface area contributed by atoms with Crippen LogP contribution in [-0.2, 0) is 65.7 Å². The molecular weight excluding hydrogens is 1840 g/mol. The maximum atomic E-state index is 13.5. The van der Waals surface area contributed by atoms with Gasteiger partial charge in [0.05, 0.1) is 19.6 Å². The molecule has 34 heteroatoms. The lowest BCUT2D eigenvalue weighted by molar-refractivity contribution is -0.118. The van der Waals surface area contributed by atoms with Crippen molar-refractivity contribution in [2.45, 2.75) is 110 Å². The van der Waals surface area contributed by atoms with E-state index >= 15 is 0 Å². The first kappa shape index (κ1) is 94.8. The number of nitrogens with two attached hydrogens (primary N) is 4. The Bertz CT molecular complexity index is 6770. The fourth-order valence-electron chi connectivity index (χ4n) is 15.5. The molecule has 128 heavy (non-hydrogen) atoms. The number of hydrogen-bond donors (Lipinski definition) is 4. The Hall–Kier alpha value is -10.8. The largest absolute Gasteiger partial charge is 0.457 e. The quantitative estimate of drug-likeness (QED) is 0.0551. The van der Waals surface area contributed by atoms with Crippen molar-refractivity contribution >= 4 is 156 Å². The first-order valence-corrected chi connectivity index (χ1v) is 48.2. The van der Waals surface area contributed by atoms with Crippen LogP contribution in [0.1, 0.15) is 111 Å². The molecule has 0 aromatic heterocycles. The molecule has 4 heterocycles. The Morgan fingerprint density at radius 2 is 0.664 bits per heavy atom. The molecule has 0 unspecified atom stereocenters. The number of carbonyl (C=O) groups is 4. The van der Waals surface area contributed by atoms with Crippen molar-refractivity contribution in [1.82, 2.24) is 0 Å². The maximum Gasteiger partial charge on any atom is 0.238 e. The summed E-state index contributed by atoms with van der Waals surface area (Å²) in [6.45, 7) is 11.6. The summed E-state index contributed by atoms with van der Waals surface area (Å²) in [6, 6.07) is 67.1. The Morgan fingerprint density at radius 1 is 0.320 bits per heavy atom. The molecule has 664 valence electrons. The van der Waals surface area contributed by atoms with Crippen molar-refractivity contribution in [2.24, 2.45) is 20.6 Å². The zero-order chi connectivity index (χ0) is 92.2.